The number of sulfonamides is 1. The number of aryl methyl sites for hydroxylation is 1. The highest BCUT2D eigenvalue weighted by atomic mass is 32.2. The third-order valence-electron chi connectivity index (χ3n) is 3.53. The van der Waals surface area contributed by atoms with E-state index in [-0.39, 0.29) is 6.10 Å². The van der Waals surface area contributed by atoms with Crippen molar-refractivity contribution in [2.75, 3.05) is 12.8 Å². The van der Waals surface area contributed by atoms with Gasteiger partial charge in [-0.1, -0.05) is 0 Å². The standard InChI is InChI=1S/C13H18N4O3S2/c1-10-15-11(9-21-10)8-20-13-6-16(22(2,18)19)5-12-3-4-14-17(12)7-13/h3-4,9,13H,5-8H2,1-2H3. The molecule has 2 aromatic rings. The quantitative estimate of drug-likeness (QED) is 0.829. The Labute approximate surface area is 133 Å². The average molecular weight is 342 g/mol. The van der Waals surface area contributed by atoms with E-state index >= 15 is 0 Å². The van der Waals surface area contributed by atoms with Crippen molar-refractivity contribution in [3.63, 3.8) is 0 Å². The summed E-state index contributed by atoms with van der Waals surface area (Å²) in [5.41, 5.74) is 1.75. The van der Waals surface area contributed by atoms with Crippen LogP contribution in [0.25, 0.3) is 0 Å². The zero-order valence-electron chi connectivity index (χ0n) is 12.5. The number of thiazole rings is 1. The van der Waals surface area contributed by atoms with Crippen molar-refractivity contribution in [1.82, 2.24) is 19.1 Å². The van der Waals surface area contributed by atoms with Crippen LogP contribution in [0.5, 0.6) is 0 Å². The van der Waals surface area contributed by atoms with E-state index in [4.69, 9.17) is 4.74 Å². The second kappa shape index (κ2) is 6.07. The van der Waals surface area contributed by atoms with Gasteiger partial charge in [0, 0.05) is 18.1 Å². The van der Waals surface area contributed by atoms with E-state index in [1.165, 1.54) is 10.6 Å². The molecular weight excluding hydrogens is 324 g/mol. The minimum absolute atomic E-state index is 0.252. The first-order chi connectivity index (χ1) is 10.4. The zero-order valence-corrected chi connectivity index (χ0v) is 14.1. The van der Waals surface area contributed by atoms with Crippen LogP contribution < -0.4 is 0 Å². The molecule has 1 unspecified atom stereocenters. The van der Waals surface area contributed by atoms with Gasteiger partial charge in [0.05, 0.1) is 48.5 Å². The smallest absolute Gasteiger partial charge is 0.211 e. The van der Waals surface area contributed by atoms with Crippen LogP contribution in [-0.4, -0.2) is 46.4 Å². The SMILES string of the molecule is Cc1nc(COC2CN(S(C)(=O)=O)Cc3ccnn3C2)cs1. The monoisotopic (exact) mass is 342 g/mol. The second-order valence-electron chi connectivity index (χ2n) is 5.35. The second-order valence-corrected chi connectivity index (χ2v) is 8.40. The molecule has 0 radical (unpaired) electrons. The maximum atomic E-state index is 11.9. The van der Waals surface area contributed by atoms with E-state index in [2.05, 4.69) is 10.1 Å². The highest BCUT2D eigenvalue weighted by Gasteiger charge is 2.28. The first-order valence-electron chi connectivity index (χ1n) is 6.90. The molecule has 2 aromatic heterocycles. The van der Waals surface area contributed by atoms with Crippen LogP contribution in [0.2, 0.25) is 0 Å². The first-order valence-corrected chi connectivity index (χ1v) is 9.63. The van der Waals surface area contributed by atoms with E-state index in [1.807, 2.05) is 23.1 Å². The molecule has 0 saturated heterocycles. The summed E-state index contributed by atoms with van der Waals surface area (Å²) in [6.45, 7) is 3.52. The average Bonchev–Trinajstić information content (AvgIpc) is 3.00. The predicted molar refractivity (Wildman–Crippen MR) is 82.9 cm³/mol. The Kier molecular flexibility index (Phi) is 4.31. The maximum Gasteiger partial charge on any atom is 0.211 e. The number of ether oxygens (including phenoxy) is 1. The molecule has 0 fully saturated rings. The zero-order chi connectivity index (χ0) is 15.7. The van der Waals surface area contributed by atoms with Gasteiger partial charge in [0.1, 0.15) is 0 Å². The van der Waals surface area contributed by atoms with Crippen LogP contribution in [0.1, 0.15) is 16.4 Å². The Morgan fingerprint density at radius 2 is 2.27 bits per heavy atom. The molecule has 7 nitrogen and oxygen atoms in total. The Morgan fingerprint density at radius 3 is 2.95 bits per heavy atom. The highest BCUT2D eigenvalue weighted by Crippen LogP contribution is 2.17. The molecule has 0 aliphatic carbocycles. The molecule has 120 valence electrons. The van der Waals surface area contributed by atoms with Crippen LogP contribution in [0.15, 0.2) is 17.6 Å². The number of hydrogen-bond donors (Lipinski definition) is 0. The summed E-state index contributed by atoms with van der Waals surface area (Å²) >= 11 is 1.57. The van der Waals surface area contributed by atoms with E-state index in [0.717, 1.165) is 16.4 Å². The molecule has 0 N–H and O–H groups in total. The lowest BCUT2D eigenvalue weighted by Crippen LogP contribution is -2.36. The van der Waals surface area contributed by atoms with Crippen molar-refractivity contribution in [3.8, 4) is 0 Å². The Balaban J connectivity index is 1.75. The van der Waals surface area contributed by atoms with Gasteiger partial charge in [0.25, 0.3) is 0 Å². The normalized spacial score (nSPS) is 19.8. The molecule has 1 atom stereocenters. The summed E-state index contributed by atoms with van der Waals surface area (Å²) in [5.74, 6) is 0. The molecule has 1 aliphatic rings. The minimum atomic E-state index is -3.28. The molecule has 0 aromatic carbocycles. The summed E-state index contributed by atoms with van der Waals surface area (Å²) < 4.78 is 33.0. The third kappa shape index (κ3) is 3.54. The fourth-order valence-corrected chi connectivity index (χ4v) is 3.82. The topological polar surface area (TPSA) is 77.3 Å². The van der Waals surface area contributed by atoms with Crippen LogP contribution in [0.3, 0.4) is 0 Å². The molecular formula is C13H18N4O3S2. The number of rotatable bonds is 4. The molecule has 0 amide bonds. The van der Waals surface area contributed by atoms with Crippen molar-refractivity contribution in [2.45, 2.75) is 32.7 Å². The van der Waals surface area contributed by atoms with Crippen molar-refractivity contribution in [1.29, 1.82) is 0 Å². The summed E-state index contributed by atoms with van der Waals surface area (Å²) in [5, 5.41) is 7.19. The fourth-order valence-electron chi connectivity index (χ4n) is 2.42. The number of hydrogen-bond acceptors (Lipinski definition) is 6. The lowest BCUT2D eigenvalue weighted by atomic mass is 10.3. The lowest BCUT2D eigenvalue weighted by molar-refractivity contribution is 0.0191. The van der Waals surface area contributed by atoms with Gasteiger partial charge in [-0.15, -0.1) is 11.3 Å². The molecule has 0 saturated carbocycles. The van der Waals surface area contributed by atoms with Gasteiger partial charge in [-0.05, 0) is 13.0 Å². The number of aromatic nitrogens is 3. The van der Waals surface area contributed by atoms with Gasteiger partial charge >= 0.3 is 0 Å². The van der Waals surface area contributed by atoms with E-state index < -0.39 is 10.0 Å². The van der Waals surface area contributed by atoms with Gasteiger partial charge in [-0.3, -0.25) is 4.68 Å². The molecule has 9 heteroatoms. The van der Waals surface area contributed by atoms with Gasteiger partial charge in [0.15, 0.2) is 0 Å². The summed E-state index contributed by atoms with van der Waals surface area (Å²) in [4.78, 5) is 4.36. The minimum Gasteiger partial charge on any atom is -0.369 e. The van der Waals surface area contributed by atoms with Crippen LogP contribution in [-0.2, 0) is 34.5 Å². The largest absolute Gasteiger partial charge is 0.369 e. The predicted octanol–water partition coefficient (Wildman–Crippen LogP) is 1.01. The molecule has 3 rings (SSSR count). The molecule has 0 bridgehead atoms. The van der Waals surface area contributed by atoms with Crippen LogP contribution >= 0.6 is 11.3 Å². The van der Waals surface area contributed by atoms with Gasteiger partial charge < -0.3 is 4.74 Å². The fraction of sp³-hybridized carbons (Fsp3) is 0.538. The van der Waals surface area contributed by atoms with E-state index in [0.29, 0.717) is 26.2 Å². The van der Waals surface area contributed by atoms with Crippen LogP contribution in [0.4, 0.5) is 0 Å². The molecule has 0 spiro atoms. The van der Waals surface area contributed by atoms with E-state index in [1.54, 1.807) is 17.5 Å². The Hall–Kier alpha value is -1.29. The van der Waals surface area contributed by atoms with Crippen molar-refractivity contribution in [2.24, 2.45) is 0 Å². The third-order valence-corrected chi connectivity index (χ3v) is 5.57. The molecule has 1 aliphatic heterocycles. The van der Waals surface area contributed by atoms with Crippen molar-refractivity contribution >= 4 is 21.4 Å². The van der Waals surface area contributed by atoms with Crippen molar-refractivity contribution in [3.05, 3.63) is 34.0 Å². The number of fused-ring (bicyclic) bond motifs is 1. The highest BCUT2D eigenvalue weighted by molar-refractivity contribution is 7.88. The van der Waals surface area contributed by atoms with Gasteiger partial charge in [-0.25, -0.2) is 13.4 Å². The Bertz CT molecular complexity index is 753. The van der Waals surface area contributed by atoms with E-state index in [9.17, 15) is 8.42 Å². The lowest BCUT2D eigenvalue weighted by Gasteiger charge is -2.21. The number of nitrogens with zero attached hydrogens (tertiary/aromatic N) is 4. The summed E-state index contributed by atoms with van der Waals surface area (Å²) in [6.07, 6.45) is 2.65. The first kappa shape index (κ1) is 15.6. The summed E-state index contributed by atoms with van der Waals surface area (Å²) in [6, 6.07) is 1.84. The Morgan fingerprint density at radius 1 is 1.45 bits per heavy atom. The van der Waals surface area contributed by atoms with Crippen LogP contribution in [0, 0.1) is 6.92 Å². The van der Waals surface area contributed by atoms with Crippen molar-refractivity contribution < 1.29 is 13.2 Å². The molecule has 3 heterocycles. The summed E-state index contributed by atoms with van der Waals surface area (Å²) in [7, 11) is -3.28. The molecule has 22 heavy (non-hydrogen) atoms. The maximum absolute atomic E-state index is 11.9. The van der Waals surface area contributed by atoms with Gasteiger partial charge in [0.2, 0.25) is 10.0 Å². The van der Waals surface area contributed by atoms with Gasteiger partial charge in [-0.2, -0.15) is 9.40 Å².